The standard InChI is InChI=1S/C23H29N3O2/c24-23(27)19-7-9-20(10-8-19)26-15-13-25(14-16-26)12-3-6-22-21-5-2-1-4-18(21)11-17-28-22/h1-2,4-5,7-10,22H,3,6,11-17H2,(H2,24,27). The fourth-order valence-corrected chi connectivity index (χ4v) is 4.28. The van der Waals surface area contributed by atoms with Crippen molar-refractivity contribution in [3.05, 3.63) is 65.2 Å². The Morgan fingerprint density at radius 1 is 1.04 bits per heavy atom. The number of amides is 1. The van der Waals surface area contributed by atoms with Gasteiger partial charge in [-0.1, -0.05) is 24.3 Å². The van der Waals surface area contributed by atoms with Gasteiger partial charge in [0.25, 0.3) is 0 Å². The molecule has 0 aromatic heterocycles. The van der Waals surface area contributed by atoms with Crippen LogP contribution >= 0.6 is 0 Å². The molecule has 2 N–H and O–H groups in total. The van der Waals surface area contributed by atoms with Crippen molar-refractivity contribution in [2.24, 2.45) is 5.73 Å². The number of nitrogens with zero attached hydrogens (tertiary/aromatic N) is 2. The topological polar surface area (TPSA) is 58.8 Å². The molecular weight excluding hydrogens is 350 g/mol. The highest BCUT2D eigenvalue weighted by molar-refractivity contribution is 5.93. The molecule has 148 valence electrons. The Morgan fingerprint density at radius 3 is 2.54 bits per heavy atom. The number of rotatable bonds is 6. The molecule has 0 radical (unpaired) electrons. The zero-order valence-electron chi connectivity index (χ0n) is 16.3. The Labute approximate surface area is 167 Å². The van der Waals surface area contributed by atoms with E-state index in [0.717, 1.165) is 64.3 Å². The van der Waals surface area contributed by atoms with Crippen molar-refractivity contribution >= 4 is 11.6 Å². The van der Waals surface area contributed by atoms with Gasteiger partial charge in [-0.25, -0.2) is 0 Å². The lowest BCUT2D eigenvalue weighted by atomic mass is 9.95. The first-order chi connectivity index (χ1) is 13.7. The van der Waals surface area contributed by atoms with Crippen molar-refractivity contribution in [2.45, 2.75) is 25.4 Å². The number of hydrogen-bond acceptors (Lipinski definition) is 4. The number of primary amides is 1. The predicted octanol–water partition coefficient (Wildman–Crippen LogP) is 3.00. The number of carbonyl (C=O) groups excluding carboxylic acids is 1. The van der Waals surface area contributed by atoms with Crippen LogP contribution in [0.4, 0.5) is 5.69 Å². The van der Waals surface area contributed by atoms with E-state index in [1.807, 2.05) is 24.3 Å². The molecule has 0 spiro atoms. The highest BCUT2D eigenvalue weighted by Gasteiger charge is 2.21. The molecule has 2 aliphatic heterocycles. The van der Waals surface area contributed by atoms with Gasteiger partial charge in [0, 0.05) is 37.4 Å². The molecule has 5 heteroatoms. The van der Waals surface area contributed by atoms with Crippen molar-refractivity contribution in [1.29, 1.82) is 0 Å². The van der Waals surface area contributed by atoms with Gasteiger partial charge < -0.3 is 15.4 Å². The number of nitrogens with two attached hydrogens (primary N) is 1. The molecular formula is C23H29N3O2. The molecule has 28 heavy (non-hydrogen) atoms. The van der Waals surface area contributed by atoms with Gasteiger partial charge in [-0.15, -0.1) is 0 Å². The monoisotopic (exact) mass is 379 g/mol. The van der Waals surface area contributed by atoms with Gasteiger partial charge in [0.1, 0.15) is 0 Å². The zero-order valence-corrected chi connectivity index (χ0v) is 16.3. The van der Waals surface area contributed by atoms with Crippen LogP contribution in [-0.4, -0.2) is 50.1 Å². The summed E-state index contributed by atoms with van der Waals surface area (Å²) in [5.41, 5.74) is 9.89. The van der Waals surface area contributed by atoms with E-state index in [-0.39, 0.29) is 12.0 Å². The smallest absolute Gasteiger partial charge is 0.248 e. The largest absolute Gasteiger partial charge is 0.373 e. The predicted molar refractivity (Wildman–Crippen MR) is 112 cm³/mol. The third kappa shape index (κ3) is 4.37. The van der Waals surface area contributed by atoms with E-state index in [4.69, 9.17) is 10.5 Å². The summed E-state index contributed by atoms with van der Waals surface area (Å²) in [6, 6.07) is 16.3. The van der Waals surface area contributed by atoms with Crippen molar-refractivity contribution in [1.82, 2.24) is 4.90 Å². The van der Waals surface area contributed by atoms with E-state index in [1.165, 1.54) is 11.1 Å². The number of hydrogen-bond donors (Lipinski definition) is 1. The van der Waals surface area contributed by atoms with Crippen LogP contribution in [0.3, 0.4) is 0 Å². The summed E-state index contributed by atoms with van der Waals surface area (Å²) in [5.74, 6) is -0.374. The highest BCUT2D eigenvalue weighted by Crippen LogP contribution is 2.30. The minimum Gasteiger partial charge on any atom is -0.373 e. The molecule has 0 bridgehead atoms. The molecule has 0 saturated carbocycles. The van der Waals surface area contributed by atoms with E-state index in [2.05, 4.69) is 34.1 Å². The minimum atomic E-state index is -0.374. The van der Waals surface area contributed by atoms with Gasteiger partial charge in [0.2, 0.25) is 5.91 Å². The summed E-state index contributed by atoms with van der Waals surface area (Å²) in [5, 5.41) is 0. The van der Waals surface area contributed by atoms with Gasteiger partial charge in [-0.2, -0.15) is 0 Å². The Bertz CT molecular complexity index is 798. The third-order valence-electron chi connectivity index (χ3n) is 5.92. The van der Waals surface area contributed by atoms with Gasteiger partial charge in [0.15, 0.2) is 0 Å². The maximum absolute atomic E-state index is 11.2. The summed E-state index contributed by atoms with van der Waals surface area (Å²) in [6.45, 7) is 6.13. The van der Waals surface area contributed by atoms with Crippen molar-refractivity contribution in [2.75, 3.05) is 44.2 Å². The summed E-state index contributed by atoms with van der Waals surface area (Å²) in [7, 11) is 0. The van der Waals surface area contributed by atoms with Gasteiger partial charge in [0.05, 0.1) is 12.7 Å². The summed E-state index contributed by atoms with van der Waals surface area (Å²) in [6.07, 6.45) is 3.54. The highest BCUT2D eigenvalue weighted by atomic mass is 16.5. The van der Waals surface area contributed by atoms with E-state index < -0.39 is 0 Å². The zero-order chi connectivity index (χ0) is 19.3. The average Bonchev–Trinajstić information content (AvgIpc) is 2.74. The number of carbonyl (C=O) groups is 1. The molecule has 1 atom stereocenters. The molecule has 2 aromatic rings. The second-order valence-electron chi connectivity index (χ2n) is 7.69. The second-order valence-corrected chi connectivity index (χ2v) is 7.69. The van der Waals surface area contributed by atoms with Crippen molar-refractivity contribution < 1.29 is 9.53 Å². The third-order valence-corrected chi connectivity index (χ3v) is 5.92. The van der Waals surface area contributed by atoms with E-state index in [1.54, 1.807) is 0 Å². The van der Waals surface area contributed by atoms with Crippen LogP contribution in [0.2, 0.25) is 0 Å². The fourth-order valence-electron chi connectivity index (χ4n) is 4.28. The molecule has 2 aliphatic rings. The molecule has 1 saturated heterocycles. The number of piperazine rings is 1. The Hall–Kier alpha value is -2.37. The van der Waals surface area contributed by atoms with Crippen LogP contribution in [0, 0.1) is 0 Å². The lowest BCUT2D eigenvalue weighted by molar-refractivity contribution is 0.0332. The van der Waals surface area contributed by atoms with E-state index >= 15 is 0 Å². The van der Waals surface area contributed by atoms with E-state index in [9.17, 15) is 4.79 Å². The Balaban J connectivity index is 1.23. The number of benzene rings is 2. The van der Waals surface area contributed by atoms with Crippen LogP contribution in [0.5, 0.6) is 0 Å². The molecule has 2 aromatic carbocycles. The quantitative estimate of drug-likeness (QED) is 0.838. The van der Waals surface area contributed by atoms with Gasteiger partial charge in [-0.3, -0.25) is 9.69 Å². The van der Waals surface area contributed by atoms with Gasteiger partial charge >= 0.3 is 0 Å². The first-order valence-electron chi connectivity index (χ1n) is 10.3. The summed E-state index contributed by atoms with van der Waals surface area (Å²) in [4.78, 5) is 16.1. The minimum absolute atomic E-state index is 0.259. The van der Waals surface area contributed by atoms with Crippen LogP contribution in [-0.2, 0) is 11.2 Å². The van der Waals surface area contributed by atoms with Crippen LogP contribution in [0.1, 0.15) is 40.4 Å². The summed E-state index contributed by atoms with van der Waals surface area (Å²) < 4.78 is 6.04. The second kappa shape index (κ2) is 8.76. The molecule has 0 aliphatic carbocycles. The molecule has 4 rings (SSSR count). The first kappa shape index (κ1) is 19.0. The Kier molecular flexibility index (Phi) is 5.93. The first-order valence-corrected chi connectivity index (χ1v) is 10.3. The van der Waals surface area contributed by atoms with Gasteiger partial charge in [-0.05, 0) is 61.2 Å². The van der Waals surface area contributed by atoms with Crippen molar-refractivity contribution in [3.8, 4) is 0 Å². The normalized spacial score (nSPS) is 20.0. The van der Waals surface area contributed by atoms with Crippen LogP contribution in [0.25, 0.3) is 0 Å². The lowest BCUT2D eigenvalue weighted by Gasteiger charge is -2.36. The van der Waals surface area contributed by atoms with Crippen LogP contribution in [0.15, 0.2) is 48.5 Å². The SMILES string of the molecule is NC(=O)c1ccc(N2CCN(CCCC3OCCc4ccccc43)CC2)cc1. The number of fused-ring (bicyclic) bond motifs is 1. The Morgan fingerprint density at radius 2 is 1.79 bits per heavy atom. The molecule has 2 heterocycles. The molecule has 1 unspecified atom stereocenters. The maximum atomic E-state index is 11.2. The average molecular weight is 380 g/mol. The number of ether oxygens (including phenoxy) is 1. The van der Waals surface area contributed by atoms with Crippen molar-refractivity contribution in [3.63, 3.8) is 0 Å². The van der Waals surface area contributed by atoms with Crippen LogP contribution < -0.4 is 10.6 Å². The molecule has 5 nitrogen and oxygen atoms in total. The molecule has 1 amide bonds. The lowest BCUT2D eigenvalue weighted by Crippen LogP contribution is -2.46. The maximum Gasteiger partial charge on any atom is 0.248 e. The molecule has 1 fully saturated rings. The number of anilines is 1. The fraction of sp³-hybridized carbons (Fsp3) is 0.435. The van der Waals surface area contributed by atoms with E-state index in [0.29, 0.717) is 5.56 Å². The summed E-state index contributed by atoms with van der Waals surface area (Å²) >= 11 is 0.